The number of rotatable bonds is 7. The Morgan fingerprint density at radius 1 is 1.29 bits per heavy atom. The van der Waals surface area contributed by atoms with E-state index in [2.05, 4.69) is 18.6 Å². The van der Waals surface area contributed by atoms with Gasteiger partial charge in [0.2, 0.25) is 10.0 Å². The van der Waals surface area contributed by atoms with Gasteiger partial charge in [0.05, 0.1) is 4.90 Å². The van der Waals surface area contributed by atoms with E-state index in [-0.39, 0.29) is 19.0 Å². The lowest BCUT2D eigenvalue weighted by Crippen LogP contribution is -2.52. The van der Waals surface area contributed by atoms with Crippen molar-refractivity contribution in [3.8, 4) is 0 Å². The highest BCUT2D eigenvalue weighted by molar-refractivity contribution is 7.89. The van der Waals surface area contributed by atoms with Crippen molar-refractivity contribution in [1.82, 2.24) is 4.72 Å². The smallest absolute Gasteiger partial charge is 0.241 e. The van der Waals surface area contributed by atoms with Crippen LogP contribution in [0.3, 0.4) is 0 Å². The van der Waals surface area contributed by atoms with Crippen molar-refractivity contribution in [3.05, 3.63) is 29.8 Å². The molecule has 3 N–H and O–H groups in total. The van der Waals surface area contributed by atoms with Gasteiger partial charge in [0, 0.05) is 12.1 Å². The summed E-state index contributed by atoms with van der Waals surface area (Å²) in [6, 6.07) is 7.09. The molecule has 6 heteroatoms. The van der Waals surface area contributed by atoms with E-state index in [0.29, 0.717) is 23.7 Å². The first-order valence-corrected chi connectivity index (χ1v) is 8.54. The van der Waals surface area contributed by atoms with Crippen molar-refractivity contribution in [2.24, 2.45) is 11.7 Å². The van der Waals surface area contributed by atoms with E-state index in [1.807, 2.05) is 26.0 Å². The predicted molar refractivity (Wildman–Crippen MR) is 90.3 cm³/mol. The first kappa shape index (κ1) is 20.4. The third-order valence-corrected chi connectivity index (χ3v) is 5.07. The summed E-state index contributed by atoms with van der Waals surface area (Å²) in [6.07, 6.45) is 1.39. The Morgan fingerprint density at radius 2 is 1.86 bits per heavy atom. The van der Waals surface area contributed by atoms with E-state index in [1.165, 1.54) is 0 Å². The summed E-state index contributed by atoms with van der Waals surface area (Å²) in [6.45, 7) is 8.20. The first-order chi connectivity index (χ1) is 9.24. The summed E-state index contributed by atoms with van der Waals surface area (Å²) in [4.78, 5) is 0.353. The minimum atomic E-state index is -3.55. The van der Waals surface area contributed by atoms with Gasteiger partial charge in [-0.25, -0.2) is 13.1 Å². The molecule has 0 amide bonds. The van der Waals surface area contributed by atoms with Crippen molar-refractivity contribution in [2.75, 3.05) is 6.54 Å². The predicted octanol–water partition coefficient (Wildman–Crippen LogP) is 2.71. The quantitative estimate of drug-likeness (QED) is 0.805. The molecule has 21 heavy (non-hydrogen) atoms. The molecule has 4 nitrogen and oxygen atoms in total. The average molecular weight is 335 g/mol. The molecule has 122 valence electrons. The molecule has 0 radical (unpaired) electrons. The minimum Gasteiger partial charge on any atom is -0.329 e. The third kappa shape index (κ3) is 5.58. The zero-order chi connectivity index (χ0) is 15.4. The fourth-order valence-electron chi connectivity index (χ4n) is 2.51. The van der Waals surface area contributed by atoms with Crippen molar-refractivity contribution >= 4 is 22.4 Å². The average Bonchev–Trinajstić information content (AvgIpc) is 2.37. The highest BCUT2D eigenvalue weighted by Gasteiger charge is 2.31. The SMILES string of the molecule is CCc1ccccc1S(=O)(=O)NC(C)(CN)CC(C)C.Cl. The van der Waals surface area contributed by atoms with Crippen molar-refractivity contribution in [1.29, 1.82) is 0 Å². The number of hydrogen-bond donors (Lipinski definition) is 2. The summed E-state index contributed by atoms with van der Waals surface area (Å²) in [5.74, 6) is 0.368. The monoisotopic (exact) mass is 334 g/mol. The number of nitrogens with two attached hydrogens (primary N) is 1. The highest BCUT2D eigenvalue weighted by Crippen LogP contribution is 2.21. The second kappa shape index (κ2) is 8.13. The fraction of sp³-hybridized carbons (Fsp3) is 0.600. The minimum absolute atomic E-state index is 0. The van der Waals surface area contributed by atoms with Gasteiger partial charge in [0.15, 0.2) is 0 Å². The van der Waals surface area contributed by atoms with Crippen LogP contribution < -0.4 is 10.5 Å². The number of sulfonamides is 1. The van der Waals surface area contributed by atoms with E-state index in [1.54, 1.807) is 12.1 Å². The molecular formula is C15H27ClN2O2S. The summed E-state index contributed by atoms with van der Waals surface area (Å²) in [7, 11) is -3.55. The maximum absolute atomic E-state index is 12.6. The van der Waals surface area contributed by atoms with Crippen LogP contribution >= 0.6 is 12.4 Å². The van der Waals surface area contributed by atoms with Gasteiger partial charge >= 0.3 is 0 Å². The molecule has 1 aromatic carbocycles. The topological polar surface area (TPSA) is 72.2 Å². The van der Waals surface area contributed by atoms with E-state index in [0.717, 1.165) is 5.56 Å². The van der Waals surface area contributed by atoms with Gasteiger partial charge in [-0.3, -0.25) is 0 Å². The Balaban J connectivity index is 0.00000400. The zero-order valence-corrected chi connectivity index (χ0v) is 14.9. The molecule has 0 aliphatic heterocycles. The summed E-state index contributed by atoms with van der Waals surface area (Å²) in [5.41, 5.74) is 5.99. The first-order valence-electron chi connectivity index (χ1n) is 7.06. The lowest BCUT2D eigenvalue weighted by Gasteiger charge is -2.31. The second-order valence-electron chi connectivity index (χ2n) is 5.93. The molecule has 0 fully saturated rings. The van der Waals surface area contributed by atoms with Gasteiger partial charge in [-0.2, -0.15) is 0 Å². The maximum atomic E-state index is 12.6. The molecule has 0 bridgehead atoms. The van der Waals surface area contributed by atoms with Gasteiger partial charge in [-0.05, 0) is 37.3 Å². The zero-order valence-electron chi connectivity index (χ0n) is 13.2. The molecule has 0 aliphatic carbocycles. The molecule has 1 rings (SSSR count). The number of aryl methyl sites for hydroxylation is 1. The van der Waals surface area contributed by atoms with Crippen LogP contribution in [0.15, 0.2) is 29.2 Å². The van der Waals surface area contributed by atoms with Crippen LogP contribution in [0.25, 0.3) is 0 Å². The molecule has 0 saturated carbocycles. The Bertz CT molecular complexity index is 546. The number of halogens is 1. The van der Waals surface area contributed by atoms with Crippen molar-refractivity contribution in [3.63, 3.8) is 0 Å². The van der Waals surface area contributed by atoms with Crippen LogP contribution in [-0.2, 0) is 16.4 Å². The molecule has 1 atom stereocenters. The Kier molecular flexibility index (Phi) is 7.89. The van der Waals surface area contributed by atoms with Gasteiger partial charge in [-0.1, -0.05) is 39.0 Å². The Hall–Kier alpha value is -0.620. The van der Waals surface area contributed by atoms with Crippen molar-refractivity contribution in [2.45, 2.75) is 51.0 Å². The largest absolute Gasteiger partial charge is 0.329 e. The molecule has 0 spiro atoms. The fourth-order valence-corrected chi connectivity index (χ4v) is 4.25. The van der Waals surface area contributed by atoms with Crippen molar-refractivity contribution < 1.29 is 8.42 Å². The van der Waals surface area contributed by atoms with Gasteiger partial charge < -0.3 is 5.73 Å². The Labute approximate surface area is 135 Å². The number of hydrogen-bond acceptors (Lipinski definition) is 3. The van der Waals surface area contributed by atoms with E-state index >= 15 is 0 Å². The summed E-state index contributed by atoms with van der Waals surface area (Å²) >= 11 is 0. The van der Waals surface area contributed by atoms with Crippen LogP contribution in [0.1, 0.15) is 39.7 Å². The standard InChI is InChI=1S/C15H26N2O2S.ClH/c1-5-13-8-6-7-9-14(13)20(18,19)17-15(4,11-16)10-12(2)3;/h6-9,12,17H,5,10-11,16H2,1-4H3;1H. The molecule has 0 aromatic heterocycles. The van der Waals surface area contributed by atoms with Crippen LogP contribution in [0, 0.1) is 5.92 Å². The molecule has 1 unspecified atom stereocenters. The Morgan fingerprint density at radius 3 is 2.33 bits per heavy atom. The van der Waals surface area contributed by atoms with Crippen LogP contribution in [-0.4, -0.2) is 20.5 Å². The normalized spacial score (nSPS) is 14.6. The lowest BCUT2D eigenvalue weighted by atomic mass is 9.92. The molecule has 0 saturated heterocycles. The molecule has 0 aliphatic rings. The van der Waals surface area contributed by atoms with E-state index < -0.39 is 15.6 Å². The highest BCUT2D eigenvalue weighted by atomic mass is 35.5. The number of benzene rings is 1. The van der Waals surface area contributed by atoms with Gasteiger partial charge in [-0.15, -0.1) is 12.4 Å². The second-order valence-corrected chi connectivity index (χ2v) is 7.58. The van der Waals surface area contributed by atoms with Crippen LogP contribution in [0.5, 0.6) is 0 Å². The molecular weight excluding hydrogens is 308 g/mol. The van der Waals surface area contributed by atoms with E-state index in [4.69, 9.17) is 5.73 Å². The van der Waals surface area contributed by atoms with Gasteiger partial charge in [0.25, 0.3) is 0 Å². The number of nitrogens with one attached hydrogen (secondary N) is 1. The lowest BCUT2D eigenvalue weighted by molar-refractivity contribution is 0.344. The third-order valence-electron chi connectivity index (χ3n) is 3.33. The van der Waals surface area contributed by atoms with Crippen LogP contribution in [0.4, 0.5) is 0 Å². The van der Waals surface area contributed by atoms with E-state index in [9.17, 15) is 8.42 Å². The summed E-state index contributed by atoms with van der Waals surface area (Å²) < 4.78 is 28.0. The summed E-state index contributed by atoms with van der Waals surface area (Å²) in [5, 5.41) is 0. The van der Waals surface area contributed by atoms with Crippen LogP contribution in [0.2, 0.25) is 0 Å². The molecule has 0 heterocycles. The molecule has 1 aromatic rings. The van der Waals surface area contributed by atoms with Gasteiger partial charge in [0.1, 0.15) is 0 Å². The maximum Gasteiger partial charge on any atom is 0.241 e.